The van der Waals surface area contributed by atoms with Crippen molar-refractivity contribution in [3.05, 3.63) is 22.4 Å². The first-order valence-corrected chi connectivity index (χ1v) is 6.59. The van der Waals surface area contributed by atoms with Crippen molar-refractivity contribution in [2.75, 3.05) is 0 Å². The van der Waals surface area contributed by atoms with Crippen LogP contribution < -0.4 is 0 Å². The second-order valence-electron chi connectivity index (χ2n) is 4.20. The first-order valence-electron chi connectivity index (χ1n) is 5.27. The highest BCUT2D eigenvalue weighted by Gasteiger charge is 2.18. The second kappa shape index (κ2) is 5.77. The van der Waals surface area contributed by atoms with Gasteiger partial charge in [-0.15, -0.1) is 22.9 Å². The molecular weight excluding hydrogens is 212 g/mol. The van der Waals surface area contributed by atoms with Gasteiger partial charge < -0.3 is 0 Å². The van der Waals surface area contributed by atoms with Crippen LogP contribution in [-0.2, 0) is 6.42 Å². The van der Waals surface area contributed by atoms with Crippen LogP contribution in [0.2, 0.25) is 0 Å². The van der Waals surface area contributed by atoms with Gasteiger partial charge in [0, 0.05) is 10.3 Å². The van der Waals surface area contributed by atoms with E-state index in [0.29, 0.717) is 11.8 Å². The lowest BCUT2D eigenvalue weighted by Crippen LogP contribution is -2.18. The summed E-state index contributed by atoms with van der Waals surface area (Å²) in [5.41, 5.74) is 0. The highest BCUT2D eigenvalue weighted by Crippen LogP contribution is 2.26. The Morgan fingerprint density at radius 3 is 2.50 bits per heavy atom. The molecule has 0 spiro atoms. The SMILES string of the molecule is CC(C)C(CCc1cccs1)C(C)Cl. The topological polar surface area (TPSA) is 0 Å². The van der Waals surface area contributed by atoms with Gasteiger partial charge >= 0.3 is 0 Å². The van der Waals surface area contributed by atoms with Crippen molar-refractivity contribution in [1.82, 2.24) is 0 Å². The molecule has 1 rings (SSSR count). The molecule has 0 aromatic carbocycles. The average molecular weight is 231 g/mol. The summed E-state index contributed by atoms with van der Waals surface area (Å²) in [5.74, 6) is 1.32. The molecule has 1 aromatic rings. The third-order valence-electron chi connectivity index (χ3n) is 2.75. The standard InChI is InChI=1S/C12H19ClS/c1-9(2)12(10(3)13)7-6-11-5-4-8-14-11/h4-5,8-10,12H,6-7H2,1-3H3. The Labute approximate surface area is 96.3 Å². The maximum Gasteiger partial charge on any atom is 0.0338 e. The molecule has 0 amide bonds. The van der Waals surface area contributed by atoms with Gasteiger partial charge in [-0.05, 0) is 43.0 Å². The van der Waals surface area contributed by atoms with E-state index in [0.717, 1.165) is 0 Å². The quantitative estimate of drug-likeness (QED) is 0.650. The van der Waals surface area contributed by atoms with Crippen LogP contribution in [0.15, 0.2) is 17.5 Å². The third kappa shape index (κ3) is 3.62. The van der Waals surface area contributed by atoms with Gasteiger partial charge in [-0.1, -0.05) is 19.9 Å². The molecule has 0 aliphatic carbocycles. The van der Waals surface area contributed by atoms with Crippen molar-refractivity contribution in [2.45, 2.75) is 39.0 Å². The fraction of sp³-hybridized carbons (Fsp3) is 0.667. The zero-order chi connectivity index (χ0) is 10.6. The summed E-state index contributed by atoms with van der Waals surface area (Å²) in [6.45, 7) is 6.64. The van der Waals surface area contributed by atoms with Gasteiger partial charge in [0.2, 0.25) is 0 Å². The van der Waals surface area contributed by atoms with E-state index in [-0.39, 0.29) is 5.38 Å². The fourth-order valence-electron chi connectivity index (χ4n) is 1.86. The average Bonchev–Trinajstić information content (AvgIpc) is 2.55. The van der Waals surface area contributed by atoms with Gasteiger partial charge in [-0.2, -0.15) is 0 Å². The summed E-state index contributed by atoms with van der Waals surface area (Å²) in [6, 6.07) is 4.33. The normalized spacial score (nSPS) is 15.8. The lowest BCUT2D eigenvalue weighted by atomic mass is 9.88. The van der Waals surface area contributed by atoms with Crippen molar-refractivity contribution in [2.24, 2.45) is 11.8 Å². The zero-order valence-corrected chi connectivity index (χ0v) is 10.7. The van der Waals surface area contributed by atoms with E-state index in [1.165, 1.54) is 17.7 Å². The number of hydrogen-bond acceptors (Lipinski definition) is 1. The Hall–Kier alpha value is -0.0100. The molecule has 14 heavy (non-hydrogen) atoms. The molecule has 1 heterocycles. The van der Waals surface area contributed by atoms with E-state index in [9.17, 15) is 0 Å². The first-order chi connectivity index (χ1) is 6.61. The van der Waals surface area contributed by atoms with E-state index < -0.39 is 0 Å². The van der Waals surface area contributed by atoms with Crippen molar-refractivity contribution < 1.29 is 0 Å². The molecule has 2 heteroatoms. The molecule has 0 aliphatic rings. The Morgan fingerprint density at radius 1 is 1.36 bits per heavy atom. The Morgan fingerprint density at radius 2 is 2.07 bits per heavy atom. The number of aryl methyl sites for hydroxylation is 1. The van der Waals surface area contributed by atoms with Gasteiger partial charge in [0.1, 0.15) is 0 Å². The smallest absolute Gasteiger partial charge is 0.0338 e. The maximum absolute atomic E-state index is 6.18. The largest absolute Gasteiger partial charge is 0.149 e. The molecule has 0 saturated carbocycles. The third-order valence-corrected chi connectivity index (χ3v) is 4.01. The van der Waals surface area contributed by atoms with E-state index in [2.05, 4.69) is 38.3 Å². The molecule has 0 fully saturated rings. The van der Waals surface area contributed by atoms with Crippen molar-refractivity contribution in [3.63, 3.8) is 0 Å². The van der Waals surface area contributed by atoms with Gasteiger partial charge in [-0.25, -0.2) is 0 Å². The second-order valence-corrected chi connectivity index (χ2v) is 5.92. The zero-order valence-electron chi connectivity index (χ0n) is 9.16. The van der Waals surface area contributed by atoms with Gasteiger partial charge in [0.25, 0.3) is 0 Å². The van der Waals surface area contributed by atoms with Crippen LogP contribution in [0, 0.1) is 11.8 Å². The predicted octanol–water partition coefficient (Wildman–Crippen LogP) is 4.58. The molecule has 0 saturated heterocycles. The molecule has 0 radical (unpaired) electrons. The summed E-state index contributed by atoms with van der Waals surface area (Å²) in [7, 11) is 0. The molecule has 2 atom stereocenters. The Bertz CT molecular complexity index is 231. The lowest BCUT2D eigenvalue weighted by Gasteiger charge is -2.22. The monoisotopic (exact) mass is 230 g/mol. The highest BCUT2D eigenvalue weighted by atomic mass is 35.5. The van der Waals surface area contributed by atoms with Gasteiger partial charge in [0.15, 0.2) is 0 Å². The predicted molar refractivity (Wildman–Crippen MR) is 66.3 cm³/mol. The van der Waals surface area contributed by atoms with E-state index in [4.69, 9.17) is 11.6 Å². The van der Waals surface area contributed by atoms with Crippen molar-refractivity contribution in [1.29, 1.82) is 0 Å². The molecule has 0 bridgehead atoms. The summed E-state index contributed by atoms with van der Waals surface area (Å²) < 4.78 is 0. The van der Waals surface area contributed by atoms with E-state index in [1.54, 1.807) is 0 Å². The van der Waals surface area contributed by atoms with Gasteiger partial charge in [-0.3, -0.25) is 0 Å². The fourth-order valence-corrected chi connectivity index (χ4v) is 3.00. The summed E-state index contributed by atoms with van der Waals surface area (Å²) in [6.07, 6.45) is 2.39. The Balaban J connectivity index is 2.41. The van der Waals surface area contributed by atoms with Crippen LogP contribution in [0.5, 0.6) is 0 Å². The molecule has 2 unspecified atom stereocenters. The van der Waals surface area contributed by atoms with Crippen molar-refractivity contribution in [3.8, 4) is 0 Å². The van der Waals surface area contributed by atoms with Crippen LogP contribution in [0.1, 0.15) is 32.1 Å². The summed E-state index contributed by atoms with van der Waals surface area (Å²) in [5, 5.41) is 2.43. The Kier molecular flexibility index (Phi) is 4.97. The molecule has 0 aliphatic heterocycles. The van der Waals surface area contributed by atoms with Crippen LogP contribution >= 0.6 is 22.9 Å². The summed E-state index contributed by atoms with van der Waals surface area (Å²) >= 11 is 8.03. The molecule has 0 nitrogen and oxygen atoms in total. The molecular formula is C12H19ClS. The minimum atomic E-state index is 0.287. The maximum atomic E-state index is 6.18. The van der Waals surface area contributed by atoms with Crippen molar-refractivity contribution >= 4 is 22.9 Å². The number of rotatable bonds is 5. The van der Waals surface area contributed by atoms with Gasteiger partial charge in [0.05, 0.1) is 0 Å². The number of alkyl halides is 1. The highest BCUT2D eigenvalue weighted by molar-refractivity contribution is 7.09. The summed E-state index contributed by atoms with van der Waals surface area (Å²) in [4.78, 5) is 1.48. The van der Waals surface area contributed by atoms with E-state index in [1.807, 2.05) is 11.3 Å². The molecule has 80 valence electrons. The van der Waals surface area contributed by atoms with Crippen LogP contribution in [0.3, 0.4) is 0 Å². The minimum absolute atomic E-state index is 0.287. The van der Waals surface area contributed by atoms with E-state index >= 15 is 0 Å². The number of halogens is 1. The number of thiophene rings is 1. The van der Waals surface area contributed by atoms with Crippen LogP contribution in [0.4, 0.5) is 0 Å². The first kappa shape index (κ1) is 12.1. The van der Waals surface area contributed by atoms with Crippen LogP contribution in [-0.4, -0.2) is 5.38 Å². The minimum Gasteiger partial charge on any atom is -0.149 e. The van der Waals surface area contributed by atoms with Crippen LogP contribution in [0.25, 0.3) is 0 Å². The number of hydrogen-bond donors (Lipinski definition) is 0. The molecule has 0 N–H and O–H groups in total. The molecule has 1 aromatic heterocycles. The lowest BCUT2D eigenvalue weighted by molar-refractivity contribution is 0.355.